The third kappa shape index (κ3) is 3.99. The number of halogens is 2. The number of benzene rings is 2. The summed E-state index contributed by atoms with van der Waals surface area (Å²) in [5.41, 5.74) is 8.90. The van der Waals surface area contributed by atoms with E-state index in [0.717, 1.165) is 23.2 Å². The van der Waals surface area contributed by atoms with Crippen molar-refractivity contribution in [2.24, 2.45) is 0 Å². The Bertz CT molecular complexity index is 1070. The average Bonchev–Trinajstić information content (AvgIpc) is 2.73. The number of nitrogens with zero attached hydrogens (tertiary/aromatic N) is 4. The number of hydrogen-bond donors (Lipinski definition) is 2. The fourth-order valence-electron chi connectivity index (χ4n) is 3.32. The quantitative estimate of drug-likeness (QED) is 0.563. The number of para-hydroxylation sites is 1. The Labute approximate surface area is 184 Å². The van der Waals surface area contributed by atoms with Gasteiger partial charge in [-0.25, -0.2) is 9.78 Å². The number of amides is 2. The van der Waals surface area contributed by atoms with E-state index < -0.39 is 0 Å². The zero-order chi connectivity index (χ0) is 21.3. The van der Waals surface area contributed by atoms with E-state index in [9.17, 15) is 4.79 Å². The second-order valence-corrected chi connectivity index (χ2v) is 7.77. The first-order chi connectivity index (χ1) is 14.4. The van der Waals surface area contributed by atoms with Gasteiger partial charge < -0.3 is 11.1 Å². The molecule has 9 heteroatoms. The van der Waals surface area contributed by atoms with Crippen LogP contribution in [0, 0.1) is 0 Å². The van der Waals surface area contributed by atoms with Crippen LogP contribution in [0.4, 0.5) is 27.9 Å². The number of nitrogens with two attached hydrogens (primary N) is 1. The smallest absolute Gasteiger partial charge is 0.330 e. The SMILES string of the molecule is CN1C(=O)N(c2c(Cl)cccc2Cl)Cc2cnc(NCCc3ccc(N)cc3)nc21. The molecule has 3 N–H and O–H groups in total. The second kappa shape index (κ2) is 8.38. The molecule has 0 bridgehead atoms. The summed E-state index contributed by atoms with van der Waals surface area (Å²) in [7, 11) is 1.67. The normalized spacial score (nSPS) is 13.4. The van der Waals surface area contributed by atoms with Crippen molar-refractivity contribution in [2.75, 3.05) is 34.4 Å². The van der Waals surface area contributed by atoms with Gasteiger partial charge in [-0.3, -0.25) is 9.80 Å². The summed E-state index contributed by atoms with van der Waals surface area (Å²) in [6, 6.07) is 12.6. The fraction of sp³-hybridized carbons (Fsp3) is 0.190. The van der Waals surface area contributed by atoms with Gasteiger partial charge in [0.1, 0.15) is 5.82 Å². The van der Waals surface area contributed by atoms with E-state index in [1.54, 1.807) is 31.4 Å². The van der Waals surface area contributed by atoms with Crippen molar-refractivity contribution in [1.29, 1.82) is 0 Å². The summed E-state index contributed by atoms with van der Waals surface area (Å²) >= 11 is 12.6. The van der Waals surface area contributed by atoms with E-state index in [2.05, 4.69) is 15.3 Å². The molecular formula is C21H20Cl2N6O. The summed E-state index contributed by atoms with van der Waals surface area (Å²) in [6.07, 6.45) is 2.52. The second-order valence-electron chi connectivity index (χ2n) is 6.96. The van der Waals surface area contributed by atoms with Gasteiger partial charge in [0.05, 0.1) is 22.3 Å². The molecule has 1 aliphatic rings. The number of aromatic nitrogens is 2. The minimum absolute atomic E-state index is 0.260. The van der Waals surface area contributed by atoms with Crippen LogP contribution in [0.1, 0.15) is 11.1 Å². The molecule has 2 aromatic carbocycles. The van der Waals surface area contributed by atoms with E-state index in [0.29, 0.717) is 34.0 Å². The lowest BCUT2D eigenvalue weighted by Crippen LogP contribution is -2.46. The molecule has 0 saturated heterocycles. The van der Waals surface area contributed by atoms with Crippen molar-refractivity contribution in [1.82, 2.24) is 9.97 Å². The van der Waals surface area contributed by atoms with Crippen LogP contribution in [0.15, 0.2) is 48.7 Å². The van der Waals surface area contributed by atoms with Crippen LogP contribution in [0.2, 0.25) is 10.0 Å². The van der Waals surface area contributed by atoms with Crippen molar-refractivity contribution in [3.05, 3.63) is 69.8 Å². The lowest BCUT2D eigenvalue weighted by molar-refractivity contribution is 0.251. The zero-order valence-electron chi connectivity index (χ0n) is 16.3. The molecule has 7 nitrogen and oxygen atoms in total. The monoisotopic (exact) mass is 442 g/mol. The molecule has 0 unspecified atom stereocenters. The molecule has 0 fully saturated rings. The van der Waals surface area contributed by atoms with Gasteiger partial charge in [0.15, 0.2) is 0 Å². The van der Waals surface area contributed by atoms with Crippen molar-refractivity contribution < 1.29 is 4.79 Å². The predicted molar refractivity (Wildman–Crippen MR) is 122 cm³/mol. The molecule has 3 aromatic rings. The maximum Gasteiger partial charge on any atom is 0.330 e. The minimum Gasteiger partial charge on any atom is -0.399 e. The van der Waals surface area contributed by atoms with Crippen LogP contribution in [0.3, 0.4) is 0 Å². The maximum atomic E-state index is 13.0. The molecule has 0 spiro atoms. The van der Waals surface area contributed by atoms with E-state index in [1.165, 1.54) is 9.80 Å². The van der Waals surface area contributed by atoms with Gasteiger partial charge >= 0.3 is 6.03 Å². The molecule has 2 amide bonds. The number of anilines is 4. The maximum absolute atomic E-state index is 13.0. The molecule has 154 valence electrons. The van der Waals surface area contributed by atoms with Gasteiger partial charge in [-0.1, -0.05) is 41.4 Å². The molecule has 0 radical (unpaired) electrons. The molecular weight excluding hydrogens is 423 g/mol. The molecule has 30 heavy (non-hydrogen) atoms. The summed E-state index contributed by atoms with van der Waals surface area (Å²) in [5, 5.41) is 4.03. The van der Waals surface area contributed by atoms with Crippen molar-refractivity contribution in [3.8, 4) is 0 Å². The van der Waals surface area contributed by atoms with Gasteiger partial charge in [-0.2, -0.15) is 4.98 Å². The standard InChI is InChI=1S/C21H20Cl2N6O/c1-28-19-14(12-29(21(28)30)18-16(22)3-2-4-17(18)23)11-26-20(27-19)25-10-9-13-5-7-15(24)8-6-13/h2-8,11H,9-10,12,24H2,1H3,(H,25,26,27). The first kappa shape index (κ1) is 20.3. The van der Waals surface area contributed by atoms with Crippen LogP contribution in [-0.4, -0.2) is 29.6 Å². The minimum atomic E-state index is -0.260. The first-order valence-electron chi connectivity index (χ1n) is 9.37. The van der Waals surface area contributed by atoms with Gasteiger partial charge in [-0.05, 0) is 36.2 Å². The Morgan fingerprint density at radius 1 is 1.13 bits per heavy atom. The Morgan fingerprint density at radius 2 is 1.83 bits per heavy atom. The number of carbonyl (C=O) groups is 1. The molecule has 1 aliphatic heterocycles. The fourth-order valence-corrected chi connectivity index (χ4v) is 3.92. The lowest BCUT2D eigenvalue weighted by Gasteiger charge is -2.34. The van der Waals surface area contributed by atoms with E-state index >= 15 is 0 Å². The Kier molecular flexibility index (Phi) is 5.65. The van der Waals surface area contributed by atoms with Crippen LogP contribution >= 0.6 is 23.2 Å². The number of carbonyl (C=O) groups excluding carboxylic acids is 1. The van der Waals surface area contributed by atoms with Crippen LogP contribution in [0.5, 0.6) is 0 Å². The average molecular weight is 443 g/mol. The molecule has 0 saturated carbocycles. The van der Waals surface area contributed by atoms with Crippen molar-refractivity contribution >= 4 is 52.4 Å². The number of hydrogen-bond acceptors (Lipinski definition) is 5. The highest BCUT2D eigenvalue weighted by molar-refractivity contribution is 6.40. The highest BCUT2D eigenvalue weighted by Crippen LogP contribution is 2.38. The Morgan fingerprint density at radius 3 is 2.53 bits per heavy atom. The topological polar surface area (TPSA) is 87.4 Å². The number of fused-ring (bicyclic) bond motifs is 1. The van der Waals surface area contributed by atoms with Gasteiger partial charge in [0.2, 0.25) is 5.95 Å². The summed E-state index contributed by atoms with van der Waals surface area (Å²) in [6.45, 7) is 0.940. The molecule has 0 aliphatic carbocycles. The van der Waals surface area contributed by atoms with Gasteiger partial charge in [-0.15, -0.1) is 0 Å². The van der Waals surface area contributed by atoms with Crippen molar-refractivity contribution in [3.63, 3.8) is 0 Å². The van der Waals surface area contributed by atoms with E-state index in [-0.39, 0.29) is 12.6 Å². The number of nitrogens with one attached hydrogen (secondary N) is 1. The van der Waals surface area contributed by atoms with E-state index in [1.807, 2.05) is 24.3 Å². The number of urea groups is 1. The van der Waals surface area contributed by atoms with Crippen LogP contribution in [0.25, 0.3) is 0 Å². The molecule has 1 aromatic heterocycles. The first-order valence-corrected chi connectivity index (χ1v) is 10.1. The summed E-state index contributed by atoms with van der Waals surface area (Å²) < 4.78 is 0. The van der Waals surface area contributed by atoms with Crippen molar-refractivity contribution in [2.45, 2.75) is 13.0 Å². The highest BCUT2D eigenvalue weighted by Gasteiger charge is 2.32. The highest BCUT2D eigenvalue weighted by atomic mass is 35.5. The predicted octanol–water partition coefficient (Wildman–Crippen LogP) is 4.60. The molecule has 0 atom stereocenters. The van der Waals surface area contributed by atoms with Gasteiger partial charge in [0.25, 0.3) is 0 Å². The largest absolute Gasteiger partial charge is 0.399 e. The van der Waals surface area contributed by atoms with E-state index in [4.69, 9.17) is 28.9 Å². The number of rotatable bonds is 5. The zero-order valence-corrected chi connectivity index (χ0v) is 17.8. The van der Waals surface area contributed by atoms with Crippen LogP contribution < -0.4 is 20.9 Å². The third-order valence-electron chi connectivity index (χ3n) is 4.89. The summed E-state index contributed by atoms with van der Waals surface area (Å²) in [4.78, 5) is 24.9. The van der Waals surface area contributed by atoms with Gasteiger partial charge in [0, 0.05) is 31.0 Å². The third-order valence-corrected chi connectivity index (χ3v) is 5.50. The molecule has 2 heterocycles. The Hall–Kier alpha value is -3.03. The lowest BCUT2D eigenvalue weighted by atomic mass is 10.1. The summed E-state index contributed by atoms with van der Waals surface area (Å²) in [5.74, 6) is 1.03. The number of nitrogen functional groups attached to an aromatic ring is 1. The van der Waals surface area contributed by atoms with Crippen LogP contribution in [-0.2, 0) is 13.0 Å². The molecule has 4 rings (SSSR count). The Balaban J connectivity index is 1.51.